The Morgan fingerprint density at radius 1 is 1.14 bits per heavy atom. The Hall–Kier alpha value is -2.02. The number of para-hydroxylation sites is 1. The third kappa shape index (κ3) is 3.55. The molecule has 0 fully saturated rings. The van der Waals surface area contributed by atoms with Crippen LogP contribution in [0.2, 0.25) is 0 Å². The first-order chi connectivity index (χ1) is 9.79. The maximum Gasteiger partial charge on any atom is 0.418 e. The highest BCUT2D eigenvalue weighted by Gasteiger charge is 2.33. The normalized spacial score (nSPS) is 11.2. The van der Waals surface area contributed by atoms with Gasteiger partial charge in [0.15, 0.2) is 0 Å². The maximum atomic E-state index is 12.9. The van der Waals surface area contributed by atoms with Gasteiger partial charge in [-0.2, -0.15) is 13.2 Å². The van der Waals surface area contributed by atoms with Gasteiger partial charge in [0.2, 0.25) is 0 Å². The van der Waals surface area contributed by atoms with Crippen molar-refractivity contribution in [3.8, 4) is 0 Å². The second-order valence-electron chi connectivity index (χ2n) is 4.24. The van der Waals surface area contributed by atoms with Crippen LogP contribution in [0.5, 0.6) is 0 Å². The monoisotopic (exact) mass is 358 g/mol. The zero-order valence-corrected chi connectivity index (χ0v) is 12.1. The Morgan fingerprint density at radius 3 is 2.48 bits per heavy atom. The number of rotatable bonds is 2. The fourth-order valence-corrected chi connectivity index (χ4v) is 2.17. The summed E-state index contributed by atoms with van der Waals surface area (Å²) < 4.78 is 39.0. The molecule has 2 aromatic rings. The van der Waals surface area contributed by atoms with Gasteiger partial charge in [-0.1, -0.05) is 12.1 Å². The van der Waals surface area contributed by atoms with Crippen molar-refractivity contribution in [2.75, 3.05) is 11.1 Å². The minimum absolute atomic E-state index is 0.159. The van der Waals surface area contributed by atoms with Gasteiger partial charge in [-0.25, -0.2) is 0 Å². The molecule has 0 aromatic heterocycles. The number of halogens is 4. The van der Waals surface area contributed by atoms with Crippen LogP contribution in [0.3, 0.4) is 0 Å². The minimum atomic E-state index is -4.54. The fraction of sp³-hybridized carbons (Fsp3) is 0.0714. The summed E-state index contributed by atoms with van der Waals surface area (Å²) >= 11 is 3.16. The molecule has 1 amide bonds. The minimum Gasteiger partial charge on any atom is -0.399 e. The molecular weight excluding hydrogens is 349 g/mol. The summed E-state index contributed by atoms with van der Waals surface area (Å²) in [7, 11) is 0. The van der Waals surface area contributed by atoms with Crippen molar-refractivity contribution in [3.05, 3.63) is 58.1 Å². The molecule has 0 bridgehead atoms. The van der Waals surface area contributed by atoms with Crippen LogP contribution in [0, 0.1) is 0 Å². The van der Waals surface area contributed by atoms with Gasteiger partial charge in [-0.15, -0.1) is 0 Å². The van der Waals surface area contributed by atoms with Crippen LogP contribution in [0.1, 0.15) is 15.9 Å². The number of nitrogens with one attached hydrogen (secondary N) is 1. The topological polar surface area (TPSA) is 55.1 Å². The lowest BCUT2D eigenvalue weighted by Gasteiger charge is -2.14. The van der Waals surface area contributed by atoms with Crippen LogP contribution >= 0.6 is 15.9 Å². The van der Waals surface area contributed by atoms with Crippen LogP contribution in [0.15, 0.2) is 46.9 Å². The van der Waals surface area contributed by atoms with E-state index in [1.807, 2.05) is 0 Å². The lowest BCUT2D eigenvalue weighted by Crippen LogP contribution is -2.17. The highest BCUT2D eigenvalue weighted by molar-refractivity contribution is 9.10. The molecule has 2 rings (SSSR count). The van der Waals surface area contributed by atoms with E-state index in [9.17, 15) is 18.0 Å². The largest absolute Gasteiger partial charge is 0.418 e. The predicted molar refractivity (Wildman–Crippen MR) is 78.0 cm³/mol. The molecule has 0 aliphatic heterocycles. The van der Waals surface area contributed by atoms with E-state index in [1.54, 1.807) is 12.1 Å². The number of nitrogen functional groups attached to an aromatic ring is 1. The van der Waals surface area contributed by atoms with E-state index in [-0.39, 0.29) is 11.3 Å². The Morgan fingerprint density at radius 2 is 1.81 bits per heavy atom. The van der Waals surface area contributed by atoms with Crippen molar-refractivity contribution in [3.63, 3.8) is 0 Å². The highest BCUT2D eigenvalue weighted by Crippen LogP contribution is 2.35. The molecule has 0 aliphatic carbocycles. The average Bonchev–Trinajstić information content (AvgIpc) is 2.41. The van der Waals surface area contributed by atoms with E-state index in [0.29, 0.717) is 10.2 Å². The van der Waals surface area contributed by atoms with Gasteiger partial charge in [0, 0.05) is 10.2 Å². The first kappa shape index (κ1) is 15.4. The number of amides is 1. The van der Waals surface area contributed by atoms with E-state index in [1.165, 1.54) is 24.3 Å². The zero-order chi connectivity index (χ0) is 15.6. The quantitative estimate of drug-likeness (QED) is 0.786. The fourth-order valence-electron chi connectivity index (χ4n) is 1.75. The van der Waals surface area contributed by atoms with E-state index >= 15 is 0 Å². The number of anilines is 2. The van der Waals surface area contributed by atoms with E-state index in [0.717, 1.165) is 6.07 Å². The Balaban J connectivity index is 2.35. The predicted octanol–water partition coefficient (Wildman–Crippen LogP) is 4.30. The van der Waals surface area contributed by atoms with Gasteiger partial charge >= 0.3 is 6.18 Å². The number of benzene rings is 2. The molecule has 0 saturated carbocycles. The molecule has 0 heterocycles. The van der Waals surface area contributed by atoms with Gasteiger partial charge in [-0.05, 0) is 46.3 Å². The molecule has 2 aromatic carbocycles. The number of alkyl halides is 3. The summed E-state index contributed by atoms with van der Waals surface area (Å²) in [4.78, 5) is 12.1. The summed E-state index contributed by atoms with van der Waals surface area (Å²) in [5.74, 6) is -0.675. The van der Waals surface area contributed by atoms with Crippen LogP contribution in [0.4, 0.5) is 24.5 Å². The lowest BCUT2D eigenvalue weighted by atomic mass is 10.1. The molecule has 0 aliphatic rings. The van der Waals surface area contributed by atoms with Gasteiger partial charge in [0.05, 0.1) is 16.8 Å². The molecule has 3 N–H and O–H groups in total. The lowest BCUT2D eigenvalue weighted by molar-refractivity contribution is -0.136. The summed E-state index contributed by atoms with van der Waals surface area (Å²) in [5.41, 5.74) is 4.87. The van der Waals surface area contributed by atoms with Crippen LogP contribution in [0.25, 0.3) is 0 Å². The molecular formula is C14H10BrF3N2O. The highest BCUT2D eigenvalue weighted by atomic mass is 79.9. The number of nitrogens with two attached hydrogens (primary N) is 1. The van der Waals surface area contributed by atoms with Gasteiger partial charge in [-0.3, -0.25) is 4.79 Å². The van der Waals surface area contributed by atoms with E-state index in [2.05, 4.69) is 21.2 Å². The third-order valence-corrected chi connectivity index (χ3v) is 3.41. The van der Waals surface area contributed by atoms with Crippen molar-refractivity contribution in [1.29, 1.82) is 0 Å². The molecule has 21 heavy (non-hydrogen) atoms. The zero-order valence-electron chi connectivity index (χ0n) is 10.5. The molecule has 0 unspecified atom stereocenters. The summed E-state index contributed by atoms with van der Waals surface area (Å²) in [5, 5.41) is 2.26. The van der Waals surface area contributed by atoms with E-state index < -0.39 is 17.6 Å². The summed E-state index contributed by atoms with van der Waals surface area (Å²) in [6.45, 7) is 0. The average molecular weight is 359 g/mol. The van der Waals surface area contributed by atoms with E-state index in [4.69, 9.17) is 5.73 Å². The summed E-state index contributed by atoms with van der Waals surface area (Å²) in [6.07, 6.45) is -4.54. The molecule has 110 valence electrons. The smallest absolute Gasteiger partial charge is 0.399 e. The second-order valence-corrected chi connectivity index (χ2v) is 5.09. The second kappa shape index (κ2) is 5.77. The molecule has 3 nitrogen and oxygen atoms in total. The van der Waals surface area contributed by atoms with Crippen LogP contribution < -0.4 is 11.1 Å². The molecule has 7 heteroatoms. The van der Waals surface area contributed by atoms with Crippen molar-refractivity contribution in [2.24, 2.45) is 0 Å². The number of carbonyl (C=O) groups is 1. The van der Waals surface area contributed by atoms with Gasteiger partial charge < -0.3 is 11.1 Å². The Labute approximate surface area is 127 Å². The standard InChI is InChI=1S/C14H10BrF3N2O/c15-11-6-5-8(19)7-9(11)13(21)20-12-4-2-1-3-10(12)14(16,17)18/h1-7H,19H2,(H,20,21). The third-order valence-electron chi connectivity index (χ3n) is 2.72. The van der Waals surface area contributed by atoms with Crippen LogP contribution in [-0.4, -0.2) is 5.91 Å². The van der Waals surface area contributed by atoms with Crippen molar-refractivity contribution in [2.45, 2.75) is 6.18 Å². The van der Waals surface area contributed by atoms with Crippen molar-refractivity contribution < 1.29 is 18.0 Å². The van der Waals surface area contributed by atoms with Gasteiger partial charge in [0.1, 0.15) is 0 Å². The molecule has 0 radical (unpaired) electrons. The summed E-state index contributed by atoms with van der Waals surface area (Å²) in [6, 6.07) is 9.29. The van der Waals surface area contributed by atoms with Crippen molar-refractivity contribution >= 4 is 33.2 Å². The maximum absolute atomic E-state index is 12.9. The van der Waals surface area contributed by atoms with Crippen LogP contribution in [-0.2, 0) is 6.18 Å². The van der Waals surface area contributed by atoms with Gasteiger partial charge in [0.25, 0.3) is 5.91 Å². The van der Waals surface area contributed by atoms with Crippen molar-refractivity contribution in [1.82, 2.24) is 0 Å². The Bertz CT molecular complexity index is 686. The number of carbonyl (C=O) groups excluding carboxylic acids is 1. The number of hydrogen-bond acceptors (Lipinski definition) is 2. The first-order valence-corrected chi connectivity index (χ1v) is 6.61. The Kier molecular flexibility index (Phi) is 4.22. The number of hydrogen-bond donors (Lipinski definition) is 2. The molecule has 0 saturated heterocycles. The first-order valence-electron chi connectivity index (χ1n) is 5.81. The molecule has 0 atom stereocenters. The molecule has 0 spiro atoms. The SMILES string of the molecule is Nc1ccc(Br)c(C(=O)Nc2ccccc2C(F)(F)F)c1.